The van der Waals surface area contributed by atoms with Crippen molar-refractivity contribution in [3.05, 3.63) is 11.1 Å². The Hall–Kier alpha value is -1.98. The first kappa shape index (κ1) is 9.57. The number of nitrogens with one attached hydrogen (secondary N) is 1. The van der Waals surface area contributed by atoms with Crippen LogP contribution in [0.15, 0.2) is 16.1 Å². The van der Waals surface area contributed by atoms with Gasteiger partial charge in [0.1, 0.15) is 6.04 Å². The van der Waals surface area contributed by atoms with Crippen molar-refractivity contribution < 1.29 is 19.5 Å². The number of hydrogen-bond donors (Lipinski definition) is 2. The number of ketones is 1. The van der Waals surface area contributed by atoms with E-state index in [0.29, 0.717) is 12.0 Å². The summed E-state index contributed by atoms with van der Waals surface area (Å²) < 4.78 is 0. The molecule has 78 valence electrons. The van der Waals surface area contributed by atoms with Gasteiger partial charge in [0.25, 0.3) is 5.91 Å². The number of hydrogen-bond acceptors (Lipinski definition) is 4. The van der Waals surface area contributed by atoms with E-state index in [9.17, 15) is 14.4 Å². The van der Waals surface area contributed by atoms with E-state index in [4.69, 9.17) is 5.11 Å². The summed E-state index contributed by atoms with van der Waals surface area (Å²) in [7, 11) is 0. The standard InChI is InChI=1S/C9H8N2O4/c12-7-5-3-10-2-1-4(5)6(9(14)15)11-8(7)13/h2,6H,1,3H2,(H,11,13)(H,14,15). The highest BCUT2D eigenvalue weighted by molar-refractivity contribution is 6.44. The van der Waals surface area contributed by atoms with Gasteiger partial charge in [0, 0.05) is 18.2 Å². The van der Waals surface area contributed by atoms with E-state index in [0.717, 1.165) is 0 Å². The van der Waals surface area contributed by atoms with Crippen LogP contribution >= 0.6 is 0 Å². The third kappa shape index (κ3) is 1.43. The quantitative estimate of drug-likeness (QED) is 0.535. The van der Waals surface area contributed by atoms with Crippen molar-refractivity contribution in [2.24, 2.45) is 4.99 Å². The monoisotopic (exact) mass is 208 g/mol. The second-order valence-corrected chi connectivity index (χ2v) is 3.31. The average Bonchev–Trinajstić information content (AvgIpc) is 2.23. The van der Waals surface area contributed by atoms with Crippen molar-refractivity contribution in [2.75, 3.05) is 6.54 Å². The van der Waals surface area contributed by atoms with Crippen molar-refractivity contribution in [2.45, 2.75) is 12.5 Å². The van der Waals surface area contributed by atoms with Crippen LogP contribution in [0.5, 0.6) is 0 Å². The highest BCUT2D eigenvalue weighted by atomic mass is 16.4. The van der Waals surface area contributed by atoms with E-state index in [1.54, 1.807) is 6.21 Å². The lowest BCUT2D eigenvalue weighted by Gasteiger charge is -2.26. The normalized spacial score (nSPS) is 24.9. The van der Waals surface area contributed by atoms with Crippen LogP contribution in [0.25, 0.3) is 0 Å². The predicted molar refractivity (Wildman–Crippen MR) is 49.6 cm³/mol. The van der Waals surface area contributed by atoms with Crippen molar-refractivity contribution in [3.8, 4) is 0 Å². The van der Waals surface area contributed by atoms with Gasteiger partial charge in [-0.15, -0.1) is 0 Å². The molecule has 2 rings (SSSR count). The summed E-state index contributed by atoms with van der Waals surface area (Å²) >= 11 is 0. The van der Waals surface area contributed by atoms with Crippen LogP contribution in [0.1, 0.15) is 6.42 Å². The van der Waals surface area contributed by atoms with Gasteiger partial charge in [-0.3, -0.25) is 14.6 Å². The van der Waals surface area contributed by atoms with E-state index in [-0.39, 0.29) is 12.1 Å². The minimum absolute atomic E-state index is 0.103. The Morgan fingerprint density at radius 3 is 2.93 bits per heavy atom. The number of carbonyl (C=O) groups excluding carboxylic acids is 2. The van der Waals surface area contributed by atoms with Crippen LogP contribution in [0.2, 0.25) is 0 Å². The van der Waals surface area contributed by atoms with E-state index in [1.807, 2.05) is 0 Å². The van der Waals surface area contributed by atoms with Crippen molar-refractivity contribution >= 4 is 23.9 Å². The first-order valence-electron chi connectivity index (χ1n) is 4.39. The maximum atomic E-state index is 11.4. The topological polar surface area (TPSA) is 95.8 Å². The molecule has 0 saturated heterocycles. The summed E-state index contributed by atoms with van der Waals surface area (Å²) in [4.78, 5) is 37.3. The first-order valence-corrected chi connectivity index (χ1v) is 4.39. The first-order chi connectivity index (χ1) is 7.11. The number of amides is 1. The number of aliphatic imine (C=N–C) groups is 1. The third-order valence-electron chi connectivity index (χ3n) is 2.43. The Kier molecular flexibility index (Phi) is 2.11. The Balaban J connectivity index is 2.45. The lowest BCUT2D eigenvalue weighted by atomic mass is 9.89. The molecule has 0 spiro atoms. The molecule has 0 aromatic carbocycles. The minimum atomic E-state index is -1.15. The number of carbonyl (C=O) groups is 3. The zero-order valence-electron chi connectivity index (χ0n) is 7.69. The van der Waals surface area contributed by atoms with Gasteiger partial charge in [-0.1, -0.05) is 0 Å². The molecule has 15 heavy (non-hydrogen) atoms. The van der Waals surface area contributed by atoms with Crippen LogP contribution in [-0.2, 0) is 14.4 Å². The molecule has 2 heterocycles. The fraction of sp³-hybridized carbons (Fsp3) is 0.333. The summed E-state index contributed by atoms with van der Waals surface area (Å²) in [5.74, 6) is -2.68. The molecule has 0 saturated carbocycles. The van der Waals surface area contributed by atoms with Crippen LogP contribution in [0, 0.1) is 0 Å². The molecular weight excluding hydrogens is 200 g/mol. The van der Waals surface area contributed by atoms with Crippen LogP contribution < -0.4 is 5.32 Å². The number of aliphatic carboxylic acids is 1. The second kappa shape index (κ2) is 3.30. The lowest BCUT2D eigenvalue weighted by molar-refractivity contribution is -0.143. The van der Waals surface area contributed by atoms with Gasteiger partial charge >= 0.3 is 5.97 Å². The third-order valence-corrected chi connectivity index (χ3v) is 2.43. The van der Waals surface area contributed by atoms with Crippen LogP contribution in [-0.4, -0.2) is 41.6 Å². The predicted octanol–water partition coefficient (Wildman–Crippen LogP) is -1.09. The summed E-state index contributed by atoms with van der Waals surface area (Å²) in [6.45, 7) is 0.103. The van der Waals surface area contributed by atoms with Gasteiger partial charge in [0.2, 0.25) is 5.78 Å². The number of rotatable bonds is 1. The van der Waals surface area contributed by atoms with Crippen molar-refractivity contribution in [3.63, 3.8) is 0 Å². The van der Waals surface area contributed by atoms with Gasteiger partial charge < -0.3 is 10.4 Å². The molecule has 0 fully saturated rings. The van der Waals surface area contributed by atoms with E-state index < -0.39 is 23.7 Å². The summed E-state index contributed by atoms with van der Waals surface area (Å²) in [5, 5.41) is 11.0. The van der Waals surface area contributed by atoms with E-state index in [2.05, 4.69) is 10.3 Å². The molecule has 2 aliphatic heterocycles. The number of nitrogens with zero attached hydrogens (tertiary/aromatic N) is 1. The second-order valence-electron chi connectivity index (χ2n) is 3.31. The molecule has 1 unspecified atom stereocenters. The van der Waals surface area contributed by atoms with Crippen LogP contribution in [0.3, 0.4) is 0 Å². The van der Waals surface area contributed by atoms with Gasteiger partial charge in [-0.2, -0.15) is 0 Å². The van der Waals surface area contributed by atoms with Crippen molar-refractivity contribution in [1.29, 1.82) is 0 Å². The number of carboxylic acid groups (broad SMARTS) is 1. The molecule has 0 radical (unpaired) electrons. The molecule has 6 heteroatoms. The Bertz CT molecular complexity index is 422. The van der Waals surface area contributed by atoms with Crippen molar-refractivity contribution in [1.82, 2.24) is 5.32 Å². The Morgan fingerprint density at radius 2 is 2.27 bits per heavy atom. The molecule has 1 atom stereocenters. The zero-order chi connectivity index (χ0) is 11.0. The summed E-state index contributed by atoms with van der Waals surface area (Å²) in [6, 6.07) is -1.09. The zero-order valence-corrected chi connectivity index (χ0v) is 7.69. The highest BCUT2D eigenvalue weighted by Crippen LogP contribution is 2.21. The molecule has 0 bridgehead atoms. The number of dihydropyridines is 1. The smallest absolute Gasteiger partial charge is 0.330 e. The van der Waals surface area contributed by atoms with Gasteiger partial charge in [-0.05, 0) is 5.57 Å². The van der Waals surface area contributed by atoms with Gasteiger partial charge in [-0.25, -0.2) is 4.79 Å². The number of Topliss-reactive ketones (excluding diaryl/α,β-unsaturated/α-hetero) is 1. The molecular formula is C9H8N2O4. The maximum absolute atomic E-state index is 11.4. The molecule has 6 nitrogen and oxygen atoms in total. The summed E-state index contributed by atoms with van der Waals surface area (Å²) in [5.41, 5.74) is 0.677. The van der Waals surface area contributed by atoms with Gasteiger partial charge in [0.05, 0.1) is 6.54 Å². The summed E-state index contributed by atoms with van der Waals surface area (Å²) in [6.07, 6.45) is 1.86. The fourth-order valence-corrected chi connectivity index (χ4v) is 1.68. The molecule has 0 aromatic heterocycles. The van der Waals surface area contributed by atoms with E-state index in [1.165, 1.54) is 0 Å². The fourth-order valence-electron chi connectivity index (χ4n) is 1.68. The molecule has 1 amide bonds. The molecule has 0 aromatic rings. The SMILES string of the molecule is O=C1NC(C(=O)O)C2=C(CN=CC2)C1=O. The van der Waals surface area contributed by atoms with E-state index >= 15 is 0 Å². The number of carboxylic acids is 1. The van der Waals surface area contributed by atoms with Gasteiger partial charge in [0.15, 0.2) is 0 Å². The van der Waals surface area contributed by atoms with Crippen LogP contribution in [0.4, 0.5) is 0 Å². The highest BCUT2D eigenvalue weighted by Gasteiger charge is 2.37. The Labute approximate surface area is 84.7 Å². The molecule has 2 N–H and O–H groups in total. The molecule has 0 aliphatic carbocycles. The minimum Gasteiger partial charge on any atom is -0.479 e. The largest absolute Gasteiger partial charge is 0.479 e. The Morgan fingerprint density at radius 1 is 1.53 bits per heavy atom. The lowest BCUT2D eigenvalue weighted by Crippen LogP contribution is -2.51. The maximum Gasteiger partial charge on any atom is 0.330 e. The molecule has 2 aliphatic rings. The average molecular weight is 208 g/mol.